The summed E-state index contributed by atoms with van der Waals surface area (Å²) in [6, 6.07) is 5.94. The van der Waals surface area contributed by atoms with Crippen LogP contribution in [0.1, 0.15) is 0 Å². The first-order valence-corrected chi connectivity index (χ1v) is 6.33. The van der Waals surface area contributed by atoms with Crippen molar-refractivity contribution in [1.82, 2.24) is 4.98 Å². The highest BCUT2D eigenvalue weighted by Crippen LogP contribution is 2.36. The summed E-state index contributed by atoms with van der Waals surface area (Å²) in [6.45, 7) is 0. The molecular weight excluding hydrogens is 288 g/mol. The molecule has 0 saturated carbocycles. The molecule has 16 heavy (non-hydrogen) atoms. The molecule has 0 unspecified atom stereocenters. The maximum absolute atomic E-state index is 5.34. The van der Waals surface area contributed by atoms with Crippen LogP contribution in [0.15, 0.2) is 28.9 Å². The largest absolute Gasteiger partial charge is 0.496 e. The van der Waals surface area contributed by atoms with Gasteiger partial charge >= 0.3 is 0 Å². The molecule has 3 nitrogen and oxygen atoms in total. The standard InChI is InChI=1S/C11H11BrN2OS/c1-13-11-14-6-10(16-11)8-5-7(12)3-4-9(8)15-2/h3-6H,1-2H3,(H,13,14). The molecule has 2 aromatic rings. The molecule has 1 aromatic heterocycles. The average Bonchev–Trinajstić information content (AvgIpc) is 2.77. The normalized spacial score (nSPS) is 10.2. The van der Waals surface area contributed by atoms with E-state index in [0.29, 0.717) is 0 Å². The van der Waals surface area contributed by atoms with Gasteiger partial charge in [0.25, 0.3) is 0 Å². The number of nitrogens with one attached hydrogen (secondary N) is 1. The quantitative estimate of drug-likeness (QED) is 0.940. The van der Waals surface area contributed by atoms with Crippen LogP contribution < -0.4 is 10.1 Å². The Morgan fingerprint density at radius 2 is 2.25 bits per heavy atom. The second kappa shape index (κ2) is 4.84. The van der Waals surface area contributed by atoms with Gasteiger partial charge in [0.05, 0.1) is 12.0 Å². The first kappa shape index (κ1) is 11.4. The van der Waals surface area contributed by atoms with E-state index >= 15 is 0 Å². The Hall–Kier alpha value is -1.07. The van der Waals surface area contributed by atoms with Crippen LogP contribution in [0.5, 0.6) is 5.75 Å². The second-order valence-corrected chi connectivity index (χ2v) is 5.07. The van der Waals surface area contributed by atoms with Gasteiger partial charge in [-0.25, -0.2) is 4.98 Å². The van der Waals surface area contributed by atoms with Crippen molar-refractivity contribution < 1.29 is 4.74 Å². The minimum Gasteiger partial charge on any atom is -0.496 e. The molecule has 0 fully saturated rings. The summed E-state index contributed by atoms with van der Waals surface area (Å²) in [5.74, 6) is 0.856. The number of aromatic nitrogens is 1. The lowest BCUT2D eigenvalue weighted by Gasteiger charge is -2.06. The lowest BCUT2D eigenvalue weighted by Crippen LogP contribution is -1.86. The molecule has 1 N–H and O–H groups in total. The molecule has 0 aliphatic carbocycles. The van der Waals surface area contributed by atoms with Crippen molar-refractivity contribution in [2.75, 3.05) is 19.5 Å². The van der Waals surface area contributed by atoms with E-state index < -0.39 is 0 Å². The summed E-state index contributed by atoms with van der Waals surface area (Å²) in [7, 11) is 3.54. The average molecular weight is 299 g/mol. The molecule has 1 aromatic carbocycles. The van der Waals surface area contributed by atoms with E-state index in [4.69, 9.17) is 4.74 Å². The van der Waals surface area contributed by atoms with E-state index in [2.05, 4.69) is 26.2 Å². The molecule has 84 valence electrons. The van der Waals surface area contributed by atoms with Gasteiger partial charge < -0.3 is 10.1 Å². The van der Waals surface area contributed by atoms with Gasteiger partial charge in [0.2, 0.25) is 0 Å². The highest BCUT2D eigenvalue weighted by Gasteiger charge is 2.09. The van der Waals surface area contributed by atoms with Crippen molar-refractivity contribution >= 4 is 32.4 Å². The number of hydrogen-bond donors (Lipinski definition) is 1. The Morgan fingerprint density at radius 1 is 1.44 bits per heavy atom. The number of thiazole rings is 1. The van der Waals surface area contributed by atoms with Gasteiger partial charge in [0.15, 0.2) is 5.13 Å². The number of ether oxygens (including phenoxy) is 1. The van der Waals surface area contributed by atoms with Crippen molar-refractivity contribution in [2.45, 2.75) is 0 Å². The maximum Gasteiger partial charge on any atom is 0.182 e. The Morgan fingerprint density at radius 3 is 2.88 bits per heavy atom. The number of hydrogen-bond acceptors (Lipinski definition) is 4. The molecule has 0 aliphatic heterocycles. The van der Waals surface area contributed by atoms with E-state index in [1.807, 2.05) is 31.4 Å². The molecule has 0 amide bonds. The summed E-state index contributed by atoms with van der Waals surface area (Å²) < 4.78 is 6.37. The Balaban J connectivity index is 2.49. The monoisotopic (exact) mass is 298 g/mol. The summed E-state index contributed by atoms with van der Waals surface area (Å²) in [6.07, 6.45) is 1.85. The fraction of sp³-hybridized carbons (Fsp3) is 0.182. The van der Waals surface area contributed by atoms with Crippen LogP contribution >= 0.6 is 27.3 Å². The number of nitrogens with zero attached hydrogens (tertiary/aromatic N) is 1. The van der Waals surface area contributed by atoms with Crippen LogP contribution in [0.3, 0.4) is 0 Å². The molecule has 2 rings (SSSR count). The zero-order valence-corrected chi connectivity index (χ0v) is 11.4. The third kappa shape index (κ3) is 2.20. The van der Waals surface area contributed by atoms with Crippen LogP contribution in [0.4, 0.5) is 5.13 Å². The predicted octanol–water partition coefficient (Wildman–Crippen LogP) is 3.62. The number of methoxy groups -OCH3 is 1. The third-order valence-electron chi connectivity index (χ3n) is 2.15. The minimum atomic E-state index is 0.856. The Kier molecular flexibility index (Phi) is 3.46. The van der Waals surface area contributed by atoms with Crippen molar-refractivity contribution in [1.29, 1.82) is 0 Å². The van der Waals surface area contributed by atoms with E-state index in [-0.39, 0.29) is 0 Å². The lowest BCUT2D eigenvalue weighted by atomic mass is 10.2. The number of rotatable bonds is 3. The van der Waals surface area contributed by atoms with Crippen LogP contribution in [0.2, 0.25) is 0 Å². The van der Waals surface area contributed by atoms with E-state index in [0.717, 1.165) is 25.8 Å². The van der Waals surface area contributed by atoms with Crippen molar-refractivity contribution in [2.24, 2.45) is 0 Å². The van der Waals surface area contributed by atoms with Crippen LogP contribution in [-0.2, 0) is 0 Å². The summed E-state index contributed by atoms with van der Waals surface area (Å²) in [5.41, 5.74) is 1.05. The number of benzene rings is 1. The van der Waals surface area contributed by atoms with Crippen LogP contribution in [-0.4, -0.2) is 19.1 Å². The van der Waals surface area contributed by atoms with Crippen molar-refractivity contribution in [3.63, 3.8) is 0 Å². The Labute approximate surface area is 107 Å². The maximum atomic E-state index is 5.34. The smallest absolute Gasteiger partial charge is 0.182 e. The first-order chi connectivity index (χ1) is 7.74. The van der Waals surface area contributed by atoms with E-state index in [1.165, 1.54) is 0 Å². The van der Waals surface area contributed by atoms with Crippen molar-refractivity contribution in [3.8, 4) is 16.2 Å². The predicted molar refractivity (Wildman–Crippen MR) is 71.3 cm³/mol. The molecule has 0 saturated heterocycles. The highest BCUT2D eigenvalue weighted by molar-refractivity contribution is 9.10. The molecule has 0 radical (unpaired) electrons. The molecule has 0 atom stereocenters. The van der Waals surface area contributed by atoms with Gasteiger partial charge in [-0.15, -0.1) is 0 Å². The number of anilines is 1. The Bertz CT molecular complexity index is 498. The van der Waals surface area contributed by atoms with Crippen molar-refractivity contribution in [3.05, 3.63) is 28.9 Å². The summed E-state index contributed by atoms with van der Waals surface area (Å²) in [4.78, 5) is 5.34. The SMILES string of the molecule is CNc1ncc(-c2cc(Br)ccc2OC)s1. The molecule has 0 bridgehead atoms. The zero-order chi connectivity index (χ0) is 11.5. The van der Waals surface area contributed by atoms with Gasteiger partial charge in [-0.2, -0.15) is 0 Å². The van der Waals surface area contributed by atoms with Gasteiger partial charge in [-0.05, 0) is 18.2 Å². The fourth-order valence-electron chi connectivity index (χ4n) is 1.39. The van der Waals surface area contributed by atoms with Gasteiger partial charge in [0.1, 0.15) is 5.75 Å². The van der Waals surface area contributed by atoms with E-state index in [1.54, 1.807) is 18.4 Å². The topological polar surface area (TPSA) is 34.2 Å². The van der Waals surface area contributed by atoms with Gasteiger partial charge in [-0.3, -0.25) is 0 Å². The molecular formula is C11H11BrN2OS. The van der Waals surface area contributed by atoms with Gasteiger partial charge in [0, 0.05) is 23.3 Å². The molecule has 0 spiro atoms. The minimum absolute atomic E-state index is 0.856. The molecule has 5 heteroatoms. The first-order valence-electron chi connectivity index (χ1n) is 4.72. The fourth-order valence-corrected chi connectivity index (χ4v) is 2.54. The third-order valence-corrected chi connectivity index (χ3v) is 3.69. The molecule has 0 aliphatic rings. The van der Waals surface area contributed by atoms with Gasteiger partial charge in [-0.1, -0.05) is 27.3 Å². The molecule has 1 heterocycles. The summed E-state index contributed by atoms with van der Waals surface area (Å²) in [5, 5.41) is 3.92. The zero-order valence-electron chi connectivity index (χ0n) is 8.95. The summed E-state index contributed by atoms with van der Waals surface area (Å²) >= 11 is 5.06. The van der Waals surface area contributed by atoms with Crippen LogP contribution in [0, 0.1) is 0 Å². The second-order valence-electron chi connectivity index (χ2n) is 3.12. The lowest BCUT2D eigenvalue weighted by molar-refractivity contribution is 0.416. The van der Waals surface area contributed by atoms with Crippen LogP contribution in [0.25, 0.3) is 10.4 Å². The van der Waals surface area contributed by atoms with E-state index in [9.17, 15) is 0 Å². The number of halogens is 1. The highest BCUT2D eigenvalue weighted by atomic mass is 79.9.